The highest BCUT2D eigenvalue weighted by Gasteiger charge is 2.39. The van der Waals surface area contributed by atoms with Crippen LogP contribution in [0.15, 0.2) is 35.2 Å². The highest BCUT2D eigenvalue weighted by Crippen LogP contribution is 2.39. The molecule has 1 fully saturated rings. The maximum absolute atomic E-state index is 13.5. The first-order valence-corrected chi connectivity index (χ1v) is 12.5. The van der Waals surface area contributed by atoms with Gasteiger partial charge in [-0.1, -0.05) is 29.0 Å². The Kier molecular flexibility index (Phi) is 6.30. The average Bonchev–Trinajstić information content (AvgIpc) is 3.39. The van der Waals surface area contributed by atoms with Crippen molar-refractivity contribution in [3.05, 3.63) is 68.7 Å². The molecule has 1 N–H and O–H groups in total. The Morgan fingerprint density at radius 3 is 2.45 bits per heavy atom. The summed E-state index contributed by atoms with van der Waals surface area (Å²) in [5.41, 5.74) is 2.43. The SMILES string of the molecule is Cc1cc(C)c(S(=O)(=O)N2CCCC2c2nnc(C(=O)Nc3ccc(F)c(F)c3)s2)c(C)c1. The fourth-order valence-electron chi connectivity index (χ4n) is 4.18. The minimum absolute atomic E-state index is 0.00155. The molecular weight excluding hydrogens is 470 g/mol. The molecule has 1 aromatic heterocycles. The number of aryl methyl sites for hydroxylation is 3. The average molecular weight is 493 g/mol. The van der Waals surface area contributed by atoms with Crippen molar-refractivity contribution in [2.75, 3.05) is 11.9 Å². The molecule has 7 nitrogen and oxygen atoms in total. The second kappa shape index (κ2) is 8.88. The third kappa shape index (κ3) is 4.53. The number of aromatic nitrogens is 2. The Labute approximate surface area is 194 Å². The van der Waals surface area contributed by atoms with E-state index < -0.39 is 33.6 Å². The fraction of sp³-hybridized carbons (Fsp3) is 0.318. The van der Waals surface area contributed by atoms with E-state index in [0.29, 0.717) is 40.4 Å². The predicted octanol–water partition coefficient (Wildman–Crippen LogP) is 4.52. The maximum Gasteiger partial charge on any atom is 0.286 e. The van der Waals surface area contributed by atoms with Crippen LogP contribution in [0.5, 0.6) is 0 Å². The number of sulfonamides is 1. The Hall–Kier alpha value is -2.76. The van der Waals surface area contributed by atoms with Crippen LogP contribution in [0.3, 0.4) is 0 Å². The fourth-order valence-corrected chi connectivity index (χ4v) is 7.21. The highest BCUT2D eigenvalue weighted by molar-refractivity contribution is 7.89. The van der Waals surface area contributed by atoms with Gasteiger partial charge in [0.15, 0.2) is 11.6 Å². The number of amides is 1. The Bertz CT molecular complexity index is 1320. The number of benzene rings is 2. The van der Waals surface area contributed by atoms with Gasteiger partial charge in [-0.2, -0.15) is 4.31 Å². The molecule has 11 heteroatoms. The van der Waals surface area contributed by atoms with E-state index in [1.54, 1.807) is 13.8 Å². The predicted molar refractivity (Wildman–Crippen MR) is 121 cm³/mol. The summed E-state index contributed by atoms with van der Waals surface area (Å²) in [4.78, 5) is 12.8. The first-order valence-electron chi connectivity index (χ1n) is 10.3. The van der Waals surface area contributed by atoms with E-state index in [0.717, 1.165) is 29.0 Å². The van der Waals surface area contributed by atoms with E-state index in [2.05, 4.69) is 15.5 Å². The lowest BCUT2D eigenvalue weighted by molar-refractivity contribution is 0.102. The van der Waals surface area contributed by atoms with E-state index in [4.69, 9.17) is 0 Å². The molecule has 1 atom stereocenters. The molecular formula is C22H22F2N4O3S2. The van der Waals surface area contributed by atoms with Gasteiger partial charge in [-0.05, 0) is 56.9 Å². The van der Waals surface area contributed by atoms with Crippen molar-refractivity contribution in [2.24, 2.45) is 0 Å². The Balaban J connectivity index is 1.58. The molecule has 0 spiro atoms. The number of nitrogens with one attached hydrogen (secondary N) is 1. The normalized spacial score (nSPS) is 16.8. The van der Waals surface area contributed by atoms with Crippen molar-refractivity contribution < 1.29 is 22.0 Å². The molecule has 1 saturated heterocycles. The van der Waals surface area contributed by atoms with Gasteiger partial charge in [0.2, 0.25) is 15.0 Å². The highest BCUT2D eigenvalue weighted by atomic mass is 32.2. The minimum atomic E-state index is -3.79. The van der Waals surface area contributed by atoms with Gasteiger partial charge in [0, 0.05) is 18.3 Å². The number of carbonyl (C=O) groups excluding carboxylic acids is 1. The third-order valence-electron chi connectivity index (χ3n) is 5.47. The molecule has 4 rings (SSSR count). The van der Waals surface area contributed by atoms with Crippen LogP contribution in [0.2, 0.25) is 0 Å². The van der Waals surface area contributed by atoms with Crippen molar-refractivity contribution in [3.8, 4) is 0 Å². The molecule has 1 aliphatic rings. The first kappa shape index (κ1) is 23.4. The quantitative estimate of drug-likeness (QED) is 0.565. The van der Waals surface area contributed by atoms with Gasteiger partial charge in [0.25, 0.3) is 5.91 Å². The summed E-state index contributed by atoms with van der Waals surface area (Å²) in [6.07, 6.45) is 1.21. The lowest BCUT2D eigenvalue weighted by atomic mass is 10.1. The third-order valence-corrected chi connectivity index (χ3v) is 8.71. The minimum Gasteiger partial charge on any atom is -0.320 e. The van der Waals surface area contributed by atoms with Gasteiger partial charge in [-0.15, -0.1) is 10.2 Å². The van der Waals surface area contributed by atoms with Gasteiger partial charge in [-0.25, -0.2) is 17.2 Å². The van der Waals surface area contributed by atoms with Crippen LogP contribution < -0.4 is 5.32 Å². The van der Waals surface area contributed by atoms with E-state index in [1.165, 1.54) is 10.4 Å². The van der Waals surface area contributed by atoms with E-state index in [9.17, 15) is 22.0 Å². The number of anilines is 1. The smallest absolute Gasteiger partial charge is 0.286 e. The van der Waals surface area contributed by atoms with Crippen LogP contribution in [-0.4, -0.2) is 35.4 Å². The van der Waals surface area contributed by atoms with Crippen molar-refractivity contribution in [2.45, 2.75) is 44.6 Å². The van der Waals surface area contributed by atoms with Crippen molar-refractivity contribution in [1.82, 2.24) is 14.5 Å². The van der Waals surface area contributed by atoms with Gasteiger partial charge in [0.05, 0.1) is 10.9 Å². The number of halogens is 2. The summed E-state index contributed by atoms with van der Waals surface area (Å²) in [6, 6.07) is 6.17. The molecule has 0 saturated carbocycles. The second-order valence-electron chi connectivity index (χ2n) is 8.03. The zero-order valence-corrected chi connectivity index (χ0v) is 19.9. The van der Waals surface area contributed by atoms with Crippen LogP contribution in [-0.2, 0) is 10.0 Å². The number of hydrogen-bond donors (Lipinski definition) is 1. The first-order chi connectivity index (χ1) is 15.6. The largest absolute Gasteiger partial charge is 0.320 e. The number of hydrogen-bond acceptors (Lipinski definition) is 6. The zero-order chi connectivity index (χ0) is 23.9. The molecule has 0 aliphatic carbocycles. The van der Waals surface area contributed by atoms with Crippen LogP contribution in [0, 0.1) is 32.4 Å². The Morgan fingerprint density at radius 1 is 1.09 bits per heavy atom. The summed E-state index contributed by atoms with van der Waals surface area (Å²) in [5, 5.41) is 10.8. The number of nitrogens with zero attached hydrogens (tertiary/aromatic N) is 3. The van der Waals surface area contributed by atoms with Crippen LogP contribution in [0.1, 0.15) is 50.4 Å². The van der Waals surface area contributed by atoms with Gasteiger partial charge in [0.1, 0.15) is 5.01 Å². The van der Waals surface area contributed by atoms with Crippen LogP contribution in [0.4, 0.5) is 14.5 Å². The van der Waals surface area contributed by atoms with E-state index in [-0.39, 0.29) is 10.7 Å². The summed E-state index contributed by atoms with van der Waals surface area (Å²) in [5.74, 6) is -2.74. The van der Waals surface area contributed by atoms with Gasteiger partial charge >= 0.3 is 0 Å². The molecule has 174 valence electrons. The summed E-state index contributed by atoms with van der Waals surface area (Å²) in [7, 11) is -3.79. The summed E-state index contributed by atoms with van der Waals surface area (Å²) in [6.45, 7) is 5.83. The molecule has 2 aromatic carbocycles. The lowest BCUT2D eigenvalue weighted by Gasteiger charge is -2.24. The Morgan fingerprint density at radius 2 is 1.79 bits per heavy atom. The van der Waals surface area contributed by atoms with Crippen LogP contribution >= 0.6 is 11.3 Å². The summed E-state index contributed by atoms with van der Waals surface area (Å²) < 4.78 is 55.0. The van der Waals surface area contributed by atoms with Crippen LogP contribution in [0.25, 0.3) is 0 Å². The topological polar surface area (TPSA) is 92.3 Å². The zero-order valence-electron chi connectivity index (χ0n) is 18.2. The molecule has 1 amide bonds. The van der Waals surface area contributed by atoms with Crippen molar-refractivity contribution in [3.63, 3.8) is 0 Å². The molecule has 0 radical (unpaired) electrons. The molecule has 1 unspecified atom stereocenters. The number of carbonyl (C=O) groups is 1. The van der Waals surface area contributed by atoms with Gasteiger partial charge < -0.3 is 5.32 Å². The summed E-state index contributed by atoms with van der Waals surface area (Å²) >= 11 is 0.983. The van der Waals surface area contributed by atoms with Gasteiger partial charge in [-0.3, -0.25) is 4.79 Å². The molecule has 2 heterocycles. The standard InChI is InChI=1S/C22H22F2N4O3S2/c1-12-9-13(2)19(14(3)10-12)33(30,31)28-8-4-5-18(28)21-26-27-22(32-21)20(29)25-15-6-7-16(23)17(24)11-15/h6-7,9-11,18H,4-5,8H2,1-3H3,(H,25,29). The monoisotopic (exact) mass is 492 g/mol. The lowest BCUT2D eigenvalue weighted by Crippen LogP contribution is -2.31. The molecule has 1 aliphatic heterocycles. The maximum atomic E-state index is 13.5. The van der Waals surface area contributed by atoms with E-state index >= 15 is 0 Å². The van der Waals surface area contributed by atoms with Crippen molar-refractivity contribution >= 4 is 33.0 Å². The van der Waals surface area contributed by atoms with Crippen molar-refractivity contribution in [1.29, 1.82) is 0 Å². The molecule has 0 bridgehead atoms. The second-order valence-corrected chi connectivity index (χ2v) is 10.9. The molecule has 33 heavy (non-hydrogen) atoms. The molecule has 3 aromatic rings. The number of rotatable bonds is 5. The van der Waals surface area contributed by atoms with E-state index in [1.807, 2.05) is 19.1 Å².